The number of anilines is 2. The van der Waals surface area contributed by atoms with Crippen LogP contribution in [-0.4, -0.2) is 48.9 Å². The highest BCUT2D eigenvalue weighted by molar-refractivity contribution is 6.11. The van der Waals surface area contributed by atoms with Crippen LogP contribution in [0.25, 0.3) is 11.0 Å². The standard InChI is InChI=1S/C25H30N4O5/c1-5-29-22(25(31)33-4)21(28-24(30)17-8-9-34-14-17)19-11-18(13-27-23(19)29)26-12-16-6-7-20(32-3)15(2)10-16/h6-7,10-11,13,17,26H,5,8-9,12,14H2,1-4H3,(H,28,30). The average molecular weight is 467 g/mol. The zero-order valence-electron chi connectivity index (χ0n) is 19.9. The smallest absolute Gasteiger partial charge is 0.356 e. The molecule has 3 heterocycles. The van der Waals surface area contributed by atoms with Crippen LogP contribution in [0.1, 0.15) is 35.0 Å². The number of fused-ring (bicyclic) bond motifs is 1. The summed E-state index contributed by atoms with van der Waals surface area (Å²) in [7, 11) is 2.98. The molecular weight excluding hydrogens is 436 g/mol. The minimum absolute atomic E-state index is 0.176. The Labute approximate surface area is 198 Å². The molecule has 2 aromatic heterocycles. The number of methoxy groups -OCH3 is 2. The van der Waals surface area contributed by atoms with Crippen LogP contribution in [0.3, 0.4) is 0 Å². The van der Waals surface area contributed by atoms with Gasteiger partial charge in [-0.05, 0) is 43.5 Å². The fourth-order valence-corrected chi connectivity index (χ4v) is 4.29. The third-order valence-electron chi connectivity index (χ3n) is 6.10. The van der Waals surface area contributed by atoms with E-state index >= 15 is 0 Å². The van der Waals surface area contributed by atoms with E-state index in [-0.39, 0.29) is 17.5 Å². The molecule has 2 N–H and O–H groups in total. The highest BCUT2D eigenvalue weighted by Crippen LogP contribution is 2.33. The number of benzene rings is 1. The second kappa shape index (κ2) is 10.1. The lowest BCUT2D eigenvalue weighted by molar-refractivity contribution is -0.119. The minimum Gasteiger partial charge on any atom is -0.496 e. The van der Waals surface area contributed by atoms with E-state index in [2.05, 4.69) is 21.7 Å². The van der Waals surface area contributed by atoms with Crippen LogP contribution in [0.15, 0.2) is 30.5 Å². The number of hydrogen-bond acceptors (Lipinski definition) is 7. The van der Waals surface area contributed by atoms with Gasteiger partial charge < -0.3 is 29.4 Å². The van der Waals surface area contributed by atoms with Crippen LogP contribution in [0.2, 0.25) is 0 Å². The normalized spacial score (nSPS) is 15.4. The number of carbonyl (C=O) groups is 2. The maximum Gasteiger partial charge on any atom is 0.356 e. The molecular formula is C25H30N4O5. The van der Waals surface area contributed by atoms with Gasteiger partial charge in [0, 0.05) is 25.1 Å². The Hall–Kier alpha value is -3.59. The number of ether oxygens (including phenoxy) is 3. The van der Waals surface area contributed by atoms with Crippen molar-refractivity contribution in [2.24, 2.45) is 5.92 Å². The van der Waals surface area contributed by atoms with E-state index in [0.29, 0.717) is 49.4 Å². The van der Waals surface area contributed by atoms with E-state index in [0.717, 1.165) is 22.6 Å². The predicted molar refractivity (Wildman–Crippen MR) is 129 cm³/mol. The molecule has 9 nitrogen and oxygen atoms in total. The van der Waals surface area contributed by atoms with Gasteiger partial charge in [0.15, 0.2) is 5.69 Å². The number of esters is 1. The third kappa shape index (κ3) is 4.56. The van der Waals surface area contributed by atoms with Crippen LogP contribution in [-0.2, 0) is 27.4 Å². The van der Waals surface area contributed by atoms with Gasteiger partial charge in [0.25, 0.3) is 0 Å². The Bertz CT molecular complexity index is 1210. The quantitative estimate of drug-likeness (QED) is 0.487. The van der Waals surface area contributed by atoms with E-state index in [9.17, 15) is 9.59 Å². The van der Waals surface area contributed by atoms with E-state index in [4.69, 9.17) is 14.2 Å². The van der Waals surface area contributed by atoms with Crippen LogP contribution in [0.5, 0.6) is 5.75 Å². The van der Waals surface area contributed by atoms with Crippen molar-refractivity contribution in [1.82, 2.24) is 9.55 Å². The number of nitrogens with one attached hydrogen (secondary N) is 2. The first-order chi connectivity index (χ1) is 16.5. The zero-order valence-corrected chi connectivity index (χ0v) is 19.9. The molecule has 0 spiro atoms. The molecule has 0 saturated carbocycles. The van der Waals surface area contributed by atoms with E-state index in [1.54, 1.807) is 17.9 Å². The first kappa shape index (κ1) is 23.6. The number of rotatable bonds is 8. The molecule has 1 fully saturated rings. The first-order valence-electron chi connectivity index (χ1n) is 11.3. The first-order valence-corrected chi connectivity index (χ1v) is 11.3. The average Bonchev–Trinajstić information content (AvgIpc) is 3.49. The number of nitrogens with zero attached hydrogens (tertiary/aromatic N) is 2. The molecule has 1 saturated heterocycles. The Morgan fingerprint density at radius 3 is 2.74 bits per heavy atom. The molecule has 180 valence electrons. The Kier molecular flexibility index (Phi) is 7.02. The lowest BCUT2D eigenvalue weighted by atomic mass is 10.1. The lowest BCUT2D eigenvalue weighted by Crippen LogP contribution is -2.24. The van der Waals surface area contributed by atoms with Crippen molar-refractivity contribution in [3.05, 3.63) is 47.3 Å². The van der Waals surface area contributed by atoms with Crippen LogP contribution >= 0.6 is 0 Å². The largest absolute Gasteiger partial charge is 0.496 e. The van der Waals surface area contributed by atoms with Gasteiger partial charge >= 0.3 is 5.97 Å². The van der Waals surface area contributed by atoms with Gasteiger partial charge in [-0.25, -0.2) is 9.78 Å². The van der Waals surface area contributed by atoms with Gasteiger partial charge in [-0.1, -0.05) is 12.1 Å². The second-order valence-electron chi connectivity index (χ2n) is 8.26. The molecule has 0 bridgehead atoms. The van der Waals surface area contributed by atoms with Crippen molar-refractivity contribution in [3.8, 4) is 5.75 Å². The molecule has 34 heavy (non-hydrogen) atoms. The van der Waals surface area contributed by atoms with E-state index in [1.165, 1.54) is 7.11 Å². The number of aromatic nitrogens is 2. The molecule has 1 atom stereocenters. The lowest BCUT2D eigenvalue weighted by Gasteiger charge is -2.12. The van der Waals surface area contributed by atoms with Crippen molar-refractivity contribution in [2.75, 3.05) is 38.1 Å². The fraction of sp³-hybridized carbons (Fsp3) is 0.400. The molecule has 0 radical (unpaired) electrons. The topological polar surface area (TPSA) is 104 Å². The van der Waals surface area contributed by atoms with Gasteiger partial charge in [0.05, 0.1) is 44.3 Å². The number of carbonyl (C=O) groups excluding carboxylic acids is 2. The molecule has 1 aliphatic heterocycles. The predicted octanol–water partition coefficient (Wildman–Crippen LogP) is 3.75. The third-order valence-corrected chi connectivity index (χ3v) is 6.10. The van der Waals surface area contributed by atoms with Gasteiger partial charge in [-0.3, -0.25) is 4.79 Å². The van der Waals surface area contributed by atoms with E-state index < -0.39 is 5.97 Å². The number of aryl methyl sites for hydroxylation is 2. The Balaban J connectivity index is 1.68. The summed E-state index contributed by atoms with van der Waals surface area (Å²) in [6.45, 7) is 5.92. The molecule has 9 heteroatoms. The van der Waals surface area contributed by atoms with E-state index in [1.807, 2.05) is 32.0 Å². The summed E-state index contributed by atoms with van der Waals surface area (Å²) >= 11 is 0. The molecule has 0 aliphatic carbocycles. The summed E-state index contributed by atoms with van der Waals surface area (Å²) in [6, 6.07) is 7.91. The number of hydrogen-bond donors (Lipinski definition) is 2. The molecule has 1 unspecified atom stereocenters. The molecule has 1 aromatic carbocycles. The van der Waals surface area contributed by atoms with Crippen molar-refractivity contribution >= 4 is 34.3 Å². The SMILES string of the molecule is CCn1c(C(=O)OC)c(NC(=O)C2CCOC2)c2cc(NCc3ccc(OC)c(C)c3)cnc21. The van der Waals surface area contributed by atoms with Crippen molar-refractivity contribution in [3.63, 3.8) is 0 Å². The Morgan fingerprint density at radius 1 is 1.26 bits per heavy atom. The summed E-state index contributed by atoms with van der Waals surface area (Å²) in [5.74, 6) is -0.111. The number of pyridine rings is 1. The monoisotopic (exact) mass is 466 g/mol. The Morgan fingerprint density at radius 2 is 2.09 bits per heavy atom. The summed E-state index contributed by atoms with van der Waals surface area (Å²) < 4.78 is 17.5. The fourth-order valence-electron chi connectivity index (χ4n) is 4.29. The van der Waals surface area contributed by atoms with Crippen LogP contribution in [0, 0.1) is 12.8 Å². The summed E-state index contributed by atoms with van der Waals surface area (Å²) in [5, 5.41) is 7.02. The maximum absolute atomic E-state index is 12.9. The van der Waals surface area contributed by atoms with Gasteiger partial charge in [-0.15, -0.1) is 0 Å². The van der Waals surface area contributed by atoms with Crippen molar-refractivity contribution in [1.29, 1.82) is 0 Å². The highest BCUT2D eigenvalue weighted by atomic mass is 16.5. The zero-order chi connectivity index (χ0) is 24.2. The van der Waals surface area contributed by atoms with Crippen LogP contribution in [0.4, 0.5) is 11.4 Å². The molecule has 1 aliphatic rings. The van der Waals surface area contributed by atoms with Gasteiger partial charge in [-0.2, -0.15) is 0 Å². The van der Waals surface area contributed by atoms with Gasteiger partial charge in [0.2, 0.25) is 5.91 Å². The molecule has 1 amide bonds. The second-order valence-corrected chi connectivity index (χ2v) is 8.26. The number of amides is 1. The highest BCUT2D eigenvalue weighted by Gasteiger charge is 2.29. The minimum atomic E-state index is -0.527. The van der Waals surface area contributed by atoms with Gasteiger partial charge in [0.1, 0.15) is 11.4 Å². The van der Waals surface area contributed by atoms with Crippen molar-refractivity contribution < 1.29 is 23.8 Å². The van der Waals surface area contributed by atoms with Crippen LogP contribution < -0.4 is 15.4 Å². The summed E-state index contributed by atoms with van der Waals surface area (Å²) in [5.41, 5.74) is 4.21. The molecule has 3 aromatic rings. The summed E-state index contributed by atoms with van der Waals surface area (Å²) in [6.07, 6.45) is 2.38. The molecule has 4 rings (SSSR count). The van der Waals surface area contributed by atoms with Crippen molar-refractivity contribution in [2.45, 2.75) is 33.4 Å². The summed E-state index contributed by atoms with van der Waals surface area (Å²) in [4.78, 5) is 30.2. The maximum atomic E-state index is 12.9.